The van der Waals surface area contributed by atoms with E-state index in [1.807, 2.05) is 0 Å². The molecule has 0 saturated heterocycles. The monoisotopic (exact) mass is 258 g/mol. The molecule has 0 aliphatic heterocycles. The topological polar surface area (TPSA) is 0 Å². The lowest BCUT2D eigenvalue weighted by atomic mass is 29.6. The molecule has 0 rings (SSSR count). The van der Waals surface area contributed by atoms with Gasteiger partial charge in [-0.2, -0.15) is 0 Å². The Kier molecular flexibility index (Phi) is 8.58. The lowest BCUT2D eigenvalue weighted by Crippen LogP contribution is -1.22. The lowest BCUT2D eigenvalue weighted by molar-refractivity contribution is 5.39. The van der Waals surface area contributed by atoms with Gasteiger partial charge in [-0.3, -0.25) is 0 Å². The van der Waals surface area contributed by atoms with E-state index in [4.69, 9.17) is 23.6 Å². The Hall–Kier alpha value is 2.70. The minimum Gasteiger partial charge on any atom is -0.133 e. The number of rotatable bonds is 3. The normalized spacial score (nSPS) is 17.8. The van der Waals surface area contributed by atoms with Crippen molar-refractivity contribution < 1.29 is 0 Å². The van der Waals surface area contributed by atoms with Crippen molar-refractivity contribution in [2.45, 2.75) is 0 Å². The maximum atomic E-state index is 4.84. The first-order chi connectivity index (χ1) is 3.63. The first-order valence-electron chi connectivity index (χ1n) is 1.43. The van der Waals surface area contributed by atoms with Crippen LogP contribution < -0.4 is 0 Å². The summed E-state index contributed by atoms with van der Waals surface area (Å²) in [6.07, 6.45) is 0. The van der Waals surface area contributed by atoms with Gasteiger partial charge in [-0.15, -0.1) is 24.5 Å². The van der Waals surface area contributed by atoms with E-state index < -0.39 is 10.2 Å². The highest BCUT2D eigenvalue weighted by Crippen LogP contribution is 2.61. The SMILES string of the molecule is S=[PH](S)SS[PH](=S)S. The molecule has 0 radical (unpaired) electrons. The van der Waals surface area contributed by atoms with Gasteiger partial charge in [-0.1, -0.05) is 23.6 Å². The van der Waals surface area contributed by atoms with Crippen LogP contribution in [0.2, 0.25) is 0 Å². The van der Waals surface area contributed by atoms with Gasteiger partial charge in [0.2, 0.25) is 0 Å². The lowest BCUT2D eigenvalue weighted by Gasteiger charge is -1.92. The fourth-order valence-corrected chi connectivity index (χ4v) is 17.3. The number of thiol groups is 2. The van der Waals surface area contributed by atoms with E-state index in [0.717, 1.165) is 0 Å². The van der Waals surface area contributed by atoms with E-state index in [1.54, 1.807) is 20.8 Å². The molecule has 0 aromatic carbocycles. The average molecular weight is 258 g/mol. The molecular formula is H4P2S6. The van der Waals surface area contributed by atoms with Gasteiger partial charge in [0, 0.05) is 0 Å². The van der Waals surface area contributed by atoms with Crippen LogP contribution in [0.5, 0.6) is 0 Å². The van der Waals surface area contributed by atoms with Crippen molar-refractivity contribution >= 4 is 79.1 Å². The third-order valence-corrected chi connectivity index (χ3v) is 14.9. The summed E-state index contributed by atoms with van der Waals surface area (Å²) in [5.41, 5.74) is 0. The zero-order valence-electron chi connectivity index (χ0n) is 3.53. The molecule has 0 fully saturated rings. The largest absolute Gasteiger partial charge is 0.133 e. The molecule has 0 saturated carbocycles. The predicted octanol–water partition coefficient (Wildman–Crippen LogP) is 3.24. The molecule has 8 heteroatoms. The van der Waals surface area contributed by atoms with Gasteiger partial charge in [-0.05, 0) is 20.8 Å². The summed E-state index contributed by atoms with van der Waals surface area (Å²) >= 11 is 17.8. The Bertz CT molecular complexity index is 91.1. The molecule has 0 spiro atoms. The summed E-state index contributed by atoms with van der Waals surface area (Å²) in [4.78, 5) is 0. The van der Waals surface area contributed by atoms with Gasteiger partial charge in [-0.25, -0.2) is 0 Å². The summed E-state index contributed by atoms with van der Waals surface area (Å²) in [5.74, 6) is 0. The predicted molar refractivity (Wildman–Crippen MR) is 64.5 cm³/mol. The summed E-state index contributed by atoms with van der Waals surface area (Å²) in [6, 6.07) is 0. The van der Waals surface area contributed by atoms with Crippen LogP contribution in [-0.4, -0.2) is 0 Å². The molecule has 50 valence electrons. The molecule has 0 heterocycles. The first kappa shape index (κ1) is 10.7. The third-order valence-electron chi connectivity index (χ3n) is 0.184. The zero-order valence-corrected chi connectivity index (χ0v) is 10.6. The molecular weight excluding hydrogens is 254 g/mol. The zero-order chi connectivity index (χ0) is 6.57. The molecule has 0 amide bonds. The summed E-state index contributed by atoms with van der Waals surface area (Å²) in [6.45, 7) is 0. The molecule has 2 unspecified atom stereocenters. The van der Waals surface area contributed by atoms with E-state index in [1.165, 1.54) is 0 Å². The Morgan fingerprint density at radius 1 is 1.00 bits per heavy atom. The van der Waals surface area contributed by atoms with Crippen LogP contribution in [0.4, 0.5) is 0 Å². The van der Waals surface area contributed by atoms with Crippen molar-refractivity contribution in [2.75, 3.05) is 0 Å². The minimum atomic E-state index is -0.862. The van der Waals surface area contributed by atoms with Crippen molar-refractivity contribution in [1.82, 2.24) is 0 Å². The van der Waals surface area contributed by atoms with E-state index in [-0.39, 0.29) is 0 Å². The smallest absolute Gasteiger partial charge is 0.0535 e. The molecule has 0 nitrogen and oxygen atoms in total. The molecule has 0 aromatic rings. The molecule has 0 bridgehead atoms. The van der Waals surface area contributed by atoms with Crippen LogP contribution in [0.25, 0.3) is 0 Å². The highest BCUT2D eigenvalue weighted by Gasteiger charge is 1.89. The van der Waals surface area contributed by atoms with Gasteiger partial charge in [0.05, 0.1) is 10.2 Å². The highest BCUT2D eigenvalue weighted by atomic mass is 33.7. The van der Waals surface area contributed by atoms with Crippen LogP contribution in [0.15, 0.2) is 0 Å². The van der Waals surface area contributed by atoms with Crippen LogP contribution >= 0.6 is 55.5 Å². The fourth-order valence-electron chi connectivity index (χ4n) is 0.0713. The Morgan fingerprint density at radius 3 is 1.38 bits per heavy atom. The summed E-state index contributed by atoms with van der Waals surface area (Å²) in [7, 11) is 3.20. The second-order valence-electron chi connectivity index (χ2n) is 0.698. The van der Waals surface area contributed by atoms with Crippen LogP contribution in [0, 0.1) is 0 Å². The maximum Gasteiger partial charge on any atom is 0.0535 e. The van der Waals surface area contributed by atoms with Crippen LogP contribution in [0.1, 0.15) is 0 Å². The molecule has 2 atom stereocenters. The van der Waals surface area contributed by atoms with Crippen LogP contribution in [0.3, 0.4) is 0 Å². The molecule has 8 heavy (non-hydrogen) atoms. The highest BCUT2D eigenvalue weighted by molar-refractivity contribution is 9.27. The first-order valence-corrected chi connectivity index (χ1v) is 12.9. The van der Waals surface area contributed by atoms with E-state index in [9.17, 15) is 0 Å². The van der Waals surface area contributed by atoms with Crippen molar-refractivity contribution in [3.05, 3.63) is 0 Å². The Balaban J connectivity index is 3.18. The Morgan fingerprint density at radius 2 is 1.25 bits per heavy atom. The average Bonchev–Trinajstić information content (AvgIpc) is 1.61. The van der Waals surface area contributed by atoms with Gasteiger partial charge in [0.15, 0.2) is 0 Å². The minimum absolute atomic E-state index is 0.862. The Labute approximate surface area is 78.4 Å². The van der Waals surface area contributed by atoms with Gasteiger partial charge < -0.3 is 0 Å². The molecule has 0 aliphatic rings. The quantitative estimate of drug-likeness (QED) is 0.453. The van der Waals surface area contributed by atoms with Gasteiger partial charge >= 0.3 is 0 Å². The maximum absolute atomic E-state index is 4.84. The van der Waals surface area contributed by atoms with E-state index in [0.29, 0.717) is 0 Å². The molecule has 0 N–H and O–H groups in total. The van der Waals surface area contributed by atoms with Crippen molar-refractivity contribution in [1.29, 1.82) is 0 Å². The van der Waals surface area contributed by atoms with Crippen LogP contribution in [-0.2, 0) is 23.6 Å². The van der Waals surface area contributed by atoms with E-state index >= 15 is 0 Å². The van der Waals surface area contributed by atoms with Gasteiger partial charge in [0.25, 0.3) is 0 Å². The van der Waals surface area contributed by atoms with Crippen molar-refractivity contribution in [2.24, 2.45) is 0 Å². The summed E-state index contributed by atoms with van der Waals surface area (Å²) < 4.78 is 0. The van der Waals surface area contributed by atoms with Crippen molar-refractivity contribution in [3.8, 4) is 0 Å². The van der Waals surface area contributed by atoms with Crippen molar-refractivity contribution in [3.63, 3.8) is 0 Å². The second kappa shape index (κ2) is 6.41. The molecule has 0 aliphatic carbocycles. The fraction of sp³-hybridized carbons (Fsp3) is 0. The number of hydrogen-bond acceptors (Lipinski definition) is 4. The standard InChI is InChI=1S/H4P2S6/c3-1(4)7-8-2(5)6/h1-2H,(H,3,4)(H,5,6). The second-order valence-corrected chi connectivity index (χ2v) is 18.9. The third kappa shape index (κ3) is 8.70. The number of hydrogen-bond donors (Lipinski definition) is 2. The van der Waals surface area contributed by atoms with Gasteiger partial charge in [0.1, 0.15) is 0 Å². The van der Waals surface area contributed by atoms with E-state index in [2.05, 4.69) is 24.5 Å². The molecule has 0 aromatic heterocycles. The summed E-state index contributed by atoms with van der Waals surface area (Å²) in [5, 5.41) is -1.72.